The number of hydrogen-bond acceptors (Lipinski definition) is 1. The van der Waals surface area contributed by atoms with E-state index in [1.54, 1.807) is 6.20 Å². The van der Waals surface area contributed by atoms with Crippen molar-refractivity contribution in [2.45, 2.75) is 12.8 Å². The Morgan fingerprint density at radius 1 is 1.60 bits per heavy atom. The maximum absolute atomic E-state index is 5.67. The van der Waals surface area contributed by atoms with Gasteiger partial charge in [-0.3, -0.25) is 4.98 Å². The van der Waals surface area contributed by atoms with Crippen LogP contribution in [0.2, 0.25) is 5.02 Å². The van der Waals surface area contributed by atoms with Crippen molar-refractivity contribution in [3.05, 3.63) is 28.5 Å². The van der Waals surface area contributed by atoms with Crippen LogP contribution < -0.4 is 0 Å². The fraction of sp³-hybridized carbons (Fsp3) is 0.286. The zero-order valence-corrected chi connectivity index (χ0v) is 7.08. The smallest absolute Gasteiger partial charge is 0.0650 e. The summed E-state index contributed by atoms with van der Waals surface area (Å²) < 4.78 is 0. The Morgan fingerprint density at radius 2 is 2.30 bits per heavy atom. The summed E-state index contributed by atoms with van der Waals surface area (Å²) in [6.07, 6.45) is 1.60. The van der Waals surface area contributed by atoms with Crippen LogP contribution in [0.3, 0.4) is 0 Å². The molecule has 1 aromatic heterocycles. The van der Waals surface area contributed by atoms with Crippen LogP contribution in [-0.4, -0.2) is 4.98 Å². The van der Waals surface area contributed by atoms with Gasteiger partial charge < -0.3 is 0 Å². The van der Waals surface area contributed by atoms with Crippen LogP contribution in [0, 0.1) is 6.92 Å². The summed E-state index contributed by atoms with van der Waals surface area (Å²) in [5.41, 5.74) is 1.94. The summed E-state index contributed by atoms with van der Waals surface area (Å²) in [5, 5.41) is 0.659. The zero-order valence-electron chi connectivity index (χ0n) is 5.56. The lowest BCUT2D eigenvalue weighted by molar-refractivity contribution is 1.12. The molecule has 54 valence electrons. The number of rotatable bonds is 1. The van der Waals surface area contributed by atoms with Gasteiger partial charge in [-0.05, 0) is 18.6 Å². The molecule has 0 bridgehead atoms. The molecular formula is C7H7Cl2N. The summed E-state index contributed by atoms with van der Waals surface area (Å²) in [7, 11) is 0. The van der Waals surface area contributed by atoms with E-state index in [2.05, 4.69) is 4.98 Å². The van der Waals surface area contributed by atoms with Gasteiger partial charge >= 0.3 is 0 Å². The summed E-state index contributed by atoms with van der Waals surface area (Å²) >= 11 is 11.2. The van der Waals surface area contributed by atoms with Gasteiger partial charge in [0.15, 0.2) is 0 Å². The van der Waals surface area contributed by atoms with E-state index < -0.39 is 0 Å². The SMILES string of the molecule is Cc1cc(Cl)cnc1CCl. The van der Waals surface area contributed by atoms with E-state index in [4.69, 9.17) is 23.2 Å². The van der Waals surface area contributed by atoms with Crippen molar-refractivity contribution < 1.29 is 0 Å². The lowest BCUT2D eigenvalue weighted by Crippen LogP contribution is -1.88. The number of nitrogens with zero attached hydrogens (tertiary/aromatic N) is 1. The molecule has 0 aromatic carbocycles. The molecule has 0 fully saturated rings. The molecule has 3 heteroatoms. The average Bonchev–Trinajstić information content (AvgIpc) is 1.88. The highest BCUT2D eigenvalue weighted by Gasteiger charge is 1.97. The maximum Gasteiger partial charge on any atom is 0.0650 e. The molecule has 0 radical (unpaired) electrons. The highest BCUT2D eigenvalue weighted by atomic mass is 35.5. The van der Waals surface area contributed by atoms with Gasteiger partial charge in [0.1, 0.15) is 0 Å². The molecule has 10 heavy (non-hydrogen) atoms. The normalized spacial score (nSPS) is 9.90. The fourth-order valence-electron chi connectivity index (χ4n) is 0.709. The van der Waals surface area contributed by atoms with E-state index in [1.807, 2.05) is 13.0 Å². The third-order valence-corrected chi connectivity index (χ3v) is 1.74. The minimum absolute atomic E-state index is 0.447. The summed E-state index contributed by atoms with van der Waals surface area (Å²) in [4.78, 5) is 4.03. The number of aryl methyl sites for hydroxylation is 1. The lowest BCUT2D eigenvalue weighted by Gasteiger charge is -1.98. The van der Waals surface area contributed by atoms with E-state index in [1.165, 1.54) is 0 Å². The van der Waals surface area contributed by atoms with Crippen molar-refractivity contribution in [1.82, 2.24) is 4.98 Å². The summed E-state index contributed by atoms with van der Waals surface area (Å²) in [6.45, 7) is 1.94. The van der Waals surface area contributed by atoms with E-state index in [0.717, 1.165) is 11.3 Å². The van der Waals surface area contributed by atoms with Crippen molar-refractivity contribution in [3.63, 3.8) is 0 Å². The molecule has 0 saturated heterocycles. The first-order valence-corrected chi connectivity index (χ1v) is 3.82. The molecule has 0 aliphatic carbocycles. The first-order valence-electron chi connectivity index (χ1n) is 2.91. The molecule has 0 unspecified atom stereocenters. The third-order valence-electron chi connectivity index (χ3n) is 1.28. The van der Waals surface area contributed by atoms with Gasteiger partial charge in [0.2, 0.25) is 0 Å². The minimum atomic E-state index is 0.447. The van der Waals surface area contributed by atoms with Gasteiger partial charge in [-0.25, -0.2) is 0 Å². The highest BCUT2D eigenvalue weighted by Crippen LogP contribution is 2.13. The quantitative estimate of drug-likeness (QED) is 0.599. The predicted octanol–water partition coefficient (Wildman–Crippen LogP) is 2.78. The van der Waals surface area contributed by atoms with Gasteiger partial charge in [-0.1, -0.05) is 11.6 Å². The Hall–Kier alpha value is -0.270. The Morgan fingerprint density at radius 3 is 2.80 bits per heavy atom. The van der Waals surface area contributed by atoms with Crippen molar-refractivity contribution in [2.24, 2.45) is 0 Å². The van der Waals surface area contributed by atoms with E-state index in [9.17, 15) is 0 Å². The summed E-state index contributed by atoms with van der Waals surface area (Å²) in [5.74, 6) is 0.447. The number of aromatic nitrogens is 1. The molecule has 0 aliphatic rings. The van der Waals surface area contributed by atoms with Gasteiger partial charge in [0.25, 0.3) is 0 Å². The second-order valence-electron chi connectivity index (χ2n) is 2.05. The van der Waals surface area contributed by atoms with Crippen molar-refractivity contribution in [2.75, 3.05) is 0 Å². The molecule has 1 heterocycles. The van der Waals surface area contributed by atoms with Crippen LogP contribution in [0.15, 0.2) is 12.3 Å². The zero-order chi connectivity index (χ0) is 7.56. The molecule has 1 nitrogen and oxygen atoms in total. The first-order chi connectivity index (χ1) is 4.74. The van der Waals surface area contributed by atoms with Crippen molar-refractivity contribution in [1.29, 1.82) is 0 Å². The molecule has 1 aromatic rings. The highest BCUT2D eigenvalue weighted by molar-refractivity contribution is 6.30. The number of alkyl halides is 1. The number of halogens is 2. The molecule has 0 N–H and O–H groups in total. The molecule has 1 rings (SSSR count). The molecule has 0 aliphatic heterocycles. The van der Waals surface area contributed by atoms with Gasteiger partial charge in [0.05, 0.1) is 16.6 Å². The molecular weight excluding hydrogens is 169 g/mol. The van der Waals surface area contributed by atoms with Gasteiger partial charge in [-0.2, -0.15) is 0 Å². The molecule has 0 atom stereocenters. The van der Waals surface area contributed by atoms with Gasteiger partial charge in [0, 0.05) is 6.20 Å². The minimum Gasteiger partial charge on any atom is -0.258 e. The molecule has 0 spiro atoms. The number of pyridine rings is 1. The Bertz CT molecular complexity index is 235. The van der Waals surface area contributed by atoms with E-state index in [-0.39, 0.29) is 0 Å². The monoisotopic (exact) mass is 175 g/mol. The van der Waals surface area contributed by atoms with E-state index >= 15 is 0 Å². The summed E-state index contributed by atoms with van der Waals surface area (Å²) in [6, 6.07) is 1.85. The third kappa shape index (κ3) is 1.61. The van der Waals surface area contributed by atoms with E-state index in [0.29, 0.717) is 10.9 Å². The Balaban J connectivity index is 3.07. The van der Waals surface area contributed by atoms with Crippen LogP contribution >= 0.6 is 23.2 Å². The second-order valence-corrected chi connectivity index (χ2v) is 2.75. The average molecular weight is 176 g/mol. The topological polar surface area (TPSA) is 12.9 Å². The fourth-order valence-corrected chi connectivity index (χ4v) is 1.20. The van der Waals surface area contributed by atoms with Crippen molar-refractivity contribution in [3.8, 4) is 0 Å². The first kappa shape index (κ1) is 7.83. The molecule has 0 saturated carbocycles. The van der Waals surface area contributed by atoms with Crippen LogP contribution in [0.1, 0.15) is 11.3 Å². The predicted molar refractivity (Wildman–Crippen MR) is 43.5 cm³/mol. The van der Waals surface area contributed by atoms with Crippen LogP contribution in [0.25, 0.3) is 0 Å². The Labute approximate surface area is 70.0 Å². The van der Waals surface area contributed by atoms with Crippen LogP contribution in [-0.2, 0) is 5.88 Å². The Kier molecular flexibility index (Phi) is 2.52. The standard InChI is InChI=1S/C7H7Cl2N/c1-5-2-6(9)4-10-7(5)3-8/h2,4H,3H2,1H3. The van der Waals surface area contributed by atoms with Crippen molar-refractivity contribution >= 4 is 23.2 Å². The second kappa shape index (κ2) is 3.22. The van der Waals surface area contributed by atoms with Gasteiger partial charge in [-0.15, -0.1) is 11.6 Å². The van der Waals surface area contributed by atoms with Crippen LogP contribution in [0.4, 0.5) is 0 Å². The van der Waals surface area contributed by atoms with Crippen LogP contribution in [0.5, 0.6) is 0 Å². The maximum atomic E-state index is 5.67. The molecule has 0 amide bonds. The largest absolute Gasteiger partial charge is 0.258 e. The number of hydrogen-bond donors (Lipinski definition) is 0. The lowest BCUT2D eigenvalue weighted by atomic mass is 10.2.